The summed E-state index contributed by atoms with van der Waals surface area (Å²) >= 11 is 0. The Kier molecular flexibility index (Phi) is 12.7. The smallest absolute Gasteiger partial charge is 0.423 e. The molecular formula is C55H62N14O5. The highest BCUT2D eigenvalue weighted by Gasteiger charge is 2.40. The van der Waals surface area contributed by atoms with Crippen molar-refractivity contribution in [3.63, 3.8) is 0 Å². The second kappa shape index (κ2) is 19.8. The van der Waals surface area contributed by atoms with Gasteiger partial charge in [0.15, 0.2) is 5.79 Å². The highest BCUT2D eigenvalue weighted by molar-refractivity contribution is 6.07. The summed E-state index contributed by atoms with van der Waals surface area (Å²) < 4.78 is 22.2. The Balaban J connectivity index is 0.000000156. The summed E-state index contributed by atoms with van der Waals surface area (Å²) in [4.78, 5) is 68.2. The quantitative estimate of drug-likeness (QED) is 0.151. The Morgan fingerprint density at radius 3 is 1.80 bits per heavy atom. The predicted molar refractivity (Wildman–Crippen MR) is 283 cm³/mol. The van der Waals surface area contributed by atoms with E-state index in [2.05, 4.69) is 49.2 Å². The van der Waals surface area contributed by atoms with Gasteiger partial charge in [-0.3, -0.25) is 14.8 Å². The fourth-order valence-electron chi connectivity index (χ4n) is 11.5. The van der Waals surface area contributed by atoms with E-state index in [0.717, 1.165) is 107 Å². The van der Waals surface area contributed by atoms with Gasteiger partial charge in [0.1, 0.15) is 34.3 Å². The van der Waals surface area contributed by atoms with Crippen LogP contribution >= 0.6 is 0 Å². The summed E-state index contributed by atoms with van der Waals surface area (Å²) in [6.45, 7) is 9.96. The van der Waals surface area contributed by atoms with Crippen LogP contribution in [0.2, 0.25) is 0 Å². The third-order valence-corrected chi connectivity index (χ3v) is 15.2. The molecule has 5 fully saturated rings. The molecule has 0 aromatic carbocycles. The summed E-state index contributed by atoms with van der Waals surface area (Å²) in [5.41, 5.74) is 5.20. The molecule has 1 amide bonds. The standard InChI is InChI=1S/C31H37N7O4.C24H25N7O/c1-30(2,3)42-29(39)38(26-9-8-22(18-33-26)36-14-11-31(12-15-36)40-16-17-41-31)28-34-19-24-23-10-13-32-20-25(23)37(27(24)35-28)21-6-4-5-7-21;32-18-8-11-30(12-9-18)17-5-6-22(26-13-17)28-24-27-14-20-19-7-10-25-15-21(19)31(23(20)29-24)16-3-1-2-4-16/h8-10,13,18-21H,4-7,11-12,14-17H2,1-3H3;5-7,10,13-16H,1-4,8-9,11-12H2,(H,26,27,28,29). The van der Waals surface area contributed by atoms with Crippen molar-refractivity contribution in [3.05, 3.63) is 86.0 Å². The molecule has 0 bridgehead atoms. The first kappa shape index (κ1) is 47.6. The van der Waals surface area contributed by atoms with Crippen LogP contribution in [0, 0.1) is 0 Å². The van der Waals surface area contributed by atoms with Crippen LogP contribution in [-0.2, 0) is 19.0 Å². The van der Waals surface area contributed by atoms with E-state index in [1.807, 2.05) is 88.2 Å². The number of Topliss-reactive ketones (excluding diaryl/α,β-unsaturated/α-hetero) is 1. The first-order valence-corrected chi connectivity index (χ1v) is 26.3. The number of piperidine rings is 2. The van der Waals surface area contributed by atoms with Crippen LogP contribution in [0.3, 0.4) is 0 Å². The molecule has 74 heavy (non-hydrogen) atoms. The third-order valence-electron chi connectivity index (χ3n) is 15.2. The number of ketones is 1. The Bertz CT molecular complexity index is 3320. The van der Waals surface area contributed by atoms with Crippen LogP contribution < -0.4 is 20.0 Å². The number of nitrogens with zero attached hydrogens (tertiary/aromatic N) is 13. The van der Waals surface area contributed by atoms with Gasteiger partial charge in [-0.15, -0.1) is 0 Å². The molecule has 5 aliphatic rings. The number of carbonyl (C=O) groups excluding carboxylic acids is 2. The molecular weight excluding hydrogens is 937 g/mol. The average Bonchev–Trinajstić information content (AvgIpc) is 4.29. The van der Waals surface area contributed by atoms with Gasteiger partial charge in [-0.2, -0.15) is 14.9 Å². The molecule has 1 spiro atoms. The number of rotatable bonds is 8. The van der Waals surface area contributed by atoms with Crippen LogP contribution in [0.25, 0.3) is 43.9 Å². The lowest BCUT2D eigenvalue weighted by atomic mass is 10.0. The van der Waals surface area contributed by atoms with Gasteiger partial charge in [0.2, 0.25) is 11.9 Å². The molecule has 19 nitrogen and oxygen atoms in total. The number of hydrogen-bond donors (Lipinski definition) is 1. The highest BCUT2D eigenvalue weighted by Crippen LogP contribution is 2.40. The number of pyridine rings is 4. The molecule has 11 heterocycles. The van der Waals surface area contributed by atoms with E-state index in [9.17, 15) is 9.59 Å². The lowest BCUT2D eigenvalue weighted by molar-refractivity contribution is -0.169. The van der Waals surface area contributed by atoms with Crippen LogP contribution in [0.15, 0.2) is 86.0 Å². The SMILES string of the molecule is CC(C)(C)OC(=O)N(c1ccc(N2CCC3(CC2)OCCO3)cn1)c1ncc2c3ccncc3n(C3CCCC3)c2n1.O=C1CCN(c2ccc(Nc3ncc4c5ccncc5n(C5CCCC5)c4n3)nc2)CC1. The predicted octanol–water partition coefficient (Wildman–Crippen LogP) is 10.3. The minimum atomic E-state index is -0.710. The van der Waals surface area contributed by atoms with E-state index in [0.29, 0.717) is 61.5 Å². The first-order valence-electron chi connectivity index (χ1n) is 26.3. The van der Waals surface area contributed by atoms with Gasteiger partial charge in [0.25, 0.3) is 0 Å². The number of aromatic nitrogens is 10. The molecule has 382 valence electrons. The van der Waals surface area contributed by atoms with Crippen LogP contribution in [0.1, 0.15) is 110 Å². The zero-order chi connectivity index (χ0) is 50.4. The topological polar surface area (TPSA) is 197 Å². The Hall–Kier alpha value is -7.38. The molecule has 1 N–H and O–H groups in total. The Morgan fingerprint density at radius 2 is 1.23 bits per heavy atom. The maximum absolute atomic E-state index is 13.7. The van der Waals surface area contributed by atoms with Crippen molar-refractivity contribution in [2.24, 2.45) is 0 Å². The Morgan fingerprint density at radius 1 is 0.662 bits per heavy atom. The Labute approximate surface area is 428 Å². The van der Waals surface area contributed by atoms with Gasteiger partial charge < -0.3 is 38.5 Å². The van der Waals surface area contributed by atoms with Gasteiger partial charge >= 0.3 is 6.09 Å². The minimum absolute atomic E-state index is 0.224. The maximum atomic E-state index is 13.7. The van der Waals surface area contributed by atoms with Crippen LogP contribution in [0.5, 0.6) is 0 Å². The van der Waals surface area contributed by atoms with Gasteiger partial charge in [0.05, 0.1) is 60.4 Å². The van der Waals surface area contributed by atoms with Crippen molar-refractivity contribution in [1.29, 1.82) is 0 Å². The number of anilines is 6. The number of carbonyl (C=O) groups is 2. The van der Waals surface area contributed by atoms with Crippen molar-refractivity contribution < 1.29 is 23.8 Å². The van der Waals surface area contributed by atoms with E-state index in [-0.39, 0.29) is 5.95 Å². The molecule has 8 aromatic heterocycles. The third kappa shape index (κ3) is 9.42. The lowest BCUT2D eigenvalue weighted by Gasteiger charge is -2.38. The maximum Gasteiger partial charge on any atom is 0.423 e. The normalized spacial score (nSPS) is 18.5. The lowest BCUT2D eigenvalue weighted by Crippen LogP contribution is -2.45. The zero-order valence-electron chi connectivity index (χ0n) is 42.3. The zero-order valence-corrected chi connectivity index (χ0v) is 42.3. The fraction of sp³-hybridized carbons (Fsp3) is 0.455. The van der Waals surface area contributed by atoms with Crippen LogP contribution in [-0.4, -0.2) is 112 Å². The monoisotopic (exact) mass is 999 g/mol. The highest BCUT2D eigenvalue weighted by atomic mass is 16.7. The molecule has 13 rings (SSSR count). The van der Waals surface area contributed by atoms with E-state index < -0.39 is 17.5 Å². The van der Waals surface area contributed by atoms with Gasteiger partial charge in [-0.1, -0.05) is 25.7 Å². The number of amides is 1. The molecule has 3 saturated heterocycles. The van der Waals surface area contributed by atoms with E-state index in [4.69, 9.17) is 29.2 Å². The minimum Gasteiger partial charge on any atom is -0.443 e. The summed E-state index contributed by atoms with van der Waals surface area (Å²) in [5, 5.41) is 7.46. The molecule has 2 aliphatic carbocycles. The molecule has 0 radical (unpaired) electrons. The van der Waals surface area contributed by atoms with E-state index >= 15 is 0 Å². The van der Waals surface area contributed by atoms with Gasteiger partial charge in [-0.05, 0) is 82.9 Å². The van der Waals surface area contributed by atoms with Gasteiger partial charge in [0, 0.05) is 110 Å². The summed E-state index contributed by atoms with van der Waals surface area (Å²) in [6.07, 6.45) is 26.4. The van der Waals surface area contributed by atoms with Crippen molar-refractivity contribution in [2.45, 2.75) is 121 Å². The van der Waals surface area contributed by atoms with Crippen molar-refractivity contribution in [1.82, 2.24) is 49.0 Å². The second-order valence-corrected chi connectivity index (χ2v) is 21.1. The number of hydrogen-bond acceptors (Lipinski definition) is 16. The second-order valence-electron chi connectivity index (χ2n) is 21.1. The molecule has 19 heteroatoms. The molecule has 3 aliphatic heterocycles. The fourth-order valence-corrected chi connectivity index (χ4v) is 11.5. The number of ether oxygens (including phenoxy) is 3. The first-order chi connectivity index (χ1) is 36.1. The summed E-state index contributed by atoms with van der Waals surface area (Å²) in [7, 11) is 0. The van der Waals surface area contributed by atoms with E-state index in [1.165, 1.54) is 43.4 Å². The van der Waals surface area contributed by atoms with Gasteiger partial charge in [-0.25, -0.2) is 24.7 Å². The average molecular weight is 999 g/mol. The van der Waals surface area contributed by atoms with Crippen molar-refractivity contribution in [3.8, 4) is 0 Å². The van der Waals surface area contributed by atoms with Crippen LogP contribution in [0.4, 0.5) is 39.7 Å². The summed E-state index contributed by atoms with van der Waals surface area (Å²) in [6, 6.07) is 12.6. The van der Waals surface area contributed by atoms with E-state index in [1.54, 1.807) is 18.6 Å². The number of fused-ring (bicyclic) bond motifs is 6. The largest absolute Gasteiger partial charge is 0.443 e. The molecule has 8 aromatic rings. The van der Waals surface area contributed by atoms with Crippen molar-refractivity contribution >= 4 is 90.7 Å². The molecule has 0 atom stereocenters. The van der Waals surface area contributed by atoms with Crippen molar-refractivity contribution in [2.75, 3.05) is 59.4 Å². The molecule has 2 saturated carbocycles. The molecule has 0 unspecified atom stereocenters. The number of nitrogens with one attached hydrogen (secondary N) is 1. The summed E-state index contributed by atoms with van der Waals surface area (Å²) in [5.74, 6) is 1.76.